The van der Waals surface area contributed by atoms with Crippen LogP contribution < -0.4 is 5.32 Å². The molecule has 28 heavy (non-hydrogen) atoms. The van der Waals surface area contributed by atoms with Crippen LogP contribution in [0.5, 0.6) is 0 Å². The summed E-state index contributed by atoms with van der Waals surface area (Å²) in [6, 6.07) is 6.62. The molecule has 1 amide bonds. The number of benzene rings is 1. The van der Waals surface area contributed by atoms with Crippen LogP contribution in [0.4, 0.5) is 4.39 Å². The topological polar surface area (TPSA) is 37.3 Å². The molecule has 1 saturated heterocycles. The van der Waals surface area contributed by atoms with E-state index in [-0.39, 0.29) is 11.7 Å². The van der Waals surface area contributed by atoms with Gasteiger partial charge in [0.15, 0.2) is 0 Å². The second-order valence-corrected chi connectivity index (χ2v) is 8.12. The number of nitrogens with zero attached hydrogens (tertiary/aromatic N) is 2. The van der Waals surface area contributed by atoms with E-state index in [1.807, 2.05) is 12.1 Å². The first kappa shape index (κ1) is 19.2. The fourth-order valence-electron chi connectivity index (χ4n) is 4.73. The molecule has 2 aliphatic rings. The van der Waals surface area contributed by atoms with E-state index < -0.39 is 0 Å². The molecule has 0 atom stereocenters. The van der Waals surface area contributed by atoms with Crippen LogP contribution in [-0.2, 0) is 19.4 Å². The molecule has 150 valence electrons. The van der Waals surface area contributed by atoms with Gasteiger partial charge in [0.25, 0.3) is 5.91 Å². The molecule has 1 fully saturated rings. The molecule has 1 aliphatic carbocycles. The molecule has 1 N–H and O–H groups in total. The number of hydrogen-bond acceptors (Lipinski definition) is 2. The maximum Gasteiger partial charge on any atom is 0.268 e. The number of carbonyl (C=O) groups excluding carboxylic acids is 1. The van der Waals surface area contributed by atoms with Gasteiger partial charge in [-0.1, -0.05) is 12.1 Å². The van der Waals surface area contributed by atoms with Gasteiger partial charge >= 0.3 is 0 Å². The van der Waals surface area contributed by atoms with Crippen molar-refractivity contribution < 1.29 is 9.18 Å². The van der Waals surface area contributed by atoms with Crippen LogP contribution in [-0.4, -0.2) is 41.6 Å². The number of amides is 1. The summed E-state index contributed by atoms with van der Waals surface area (Å²) in [5.74, 6) is -0.206. The van der Waals surface area contributed by atoms with Gasteiger partial charge in [0.2, 0.25) is 0 Å². The highest BCUT2D eigenvalue weighted by Crippen LogP contribution is 2.30. The van der Waals surface area contributed by atoms with Crippen LogP contribution in [0.2, 0.25) is 0 Å². The lowest BCUT2D eigenvalue weighted by Crippen LogP contribution is -2.34. The van der Waals surface area contributed by atoms with E-state index in [1.165, 1.54) is 42.7 Å². The predicted molar refractivity (Wildman–Crippen MR) is 109 cm³/mol. The number of aromatic nitrogens is 1. The molecular weight excluding hydrogens is 353 g/mol. The molecule has 5 heteroatoms. The molecule has 0 unspecified atom stereocenters. The van der Waals surface area contributed by atoms with Crippen LogP contribution in [0.1, 0.15) is 58.6 Å². The van der Waals surface area contributed by atoms with Gasteiger partial charge in [-0.25, -0.2) is 4.39 Å². The molecule has 2 aromatic rings. The van der Waals surface area contributed by atoms with Gasteiger partial charge in [0.05, 0.1) is 0 Å². The van der Waals surface area contributed by atoms with Crippen LogP contribution in [0.15, 0.2) is 24.3 Å². The summed E-state index contributed by atoms with van der Waals surface area (Å²) >= 11 is 0. The third kappa shape index (κ3) is 4.00. The zero-order valence-corrected chi connectivity index (χ0v) is 16.8. The fourth-order valence-corrected chi connectivity index (χ4v) is 4.73. The van der Waals surface area contributed by atoms with Crippen LogP contribution in [0.25, 0.3) is 0 Å². The van der Waals surface area contributed by atoms with Crippen LogP contribution in [0.3, 0.4) is 0 Å². The van der Waals surface area contributed by atoms with Gasteiger partial charge in [-0.2, -0.15) is 0 Å². The average molecular weight is 384 g/mol. The monoisotopic (exact) mass is 383 g/mol. The Kier molecular flexibility index (Phi) is 5.81. The number of nitrogens with one attached hydrogen (secondary N) is 1. The Labute approximate surface area is 166 Å². The first-order chi connectivity index (χ1) is 13.6. The van der Waals surface area contributed by atoms with Crippen molar-refractivity contribution in [2.24, 2.45) is 0 Å². The number of hydrogen-bond donors (Lipinski definition) is 1. The van der Waals surface area contributed by atoms with Crippen molar-refractivity contribution in [2.75, 3.05) is 26.2 Å². The summed E-state index contributed by atoms with van der Waals surface area (Å²) in [5.41, 5.74) is 5.57. The maximum atomic E-state index is 13.3. The van der Waals surface area contributed by atoms with E-state index >= 15 is 0 Å². The van der Waals surface area contributed by atoms with Gasteiger partial charge in [0.1, 0.15) is 11.5 Å². The number of carbonyl (C=O) groups is 1. The van der Waals surface area contributed by atoms with Gasteiger partial charge < -0.3 is 14.8 Å². The Hall–Kier alpha value is -2.14. The number of halogens is 1. The van der Waals surface area contributed by atoms with Crippen molar-refractivity contribution in [2.45, 2.75) is 52.0 Å². The highest BCUT2D eigenvalue weighted by Gasteiger charge is 2.26. The molecule has 0 bridgehead atoms. The van der Waals surface area contributed by atoms with Crippen molar-refractivity contribution in [3.8, 4) is 0 Å². The van der Waals surface area contributed by atoms with Gasteiger partial charge in [-0.15, -0.1) is 0 Å². The standard InChI is InChI=1S/C23H30FN3O/c1-17-20-6-2-3-7-21(20)27(16-18-8-10-19(24)11-9-18)22(17)23(28)25-12-15-26-13-4-5-14-26/h8-11H,2-7,12-16H2,1H3,(H,25,28). The highest BCUT2D eigenvalue weighted by molar-refractivity contribution is 5.95. The minimum Gasteiger partial charge on any atom is -0.349 e. The predicted octanol–water partition coefficient (Wildman–Crippen LogP) is 3.69. The summed E-state index contributed by atoms with van der Waals surface area (Å²) < 4.78 is 15.5. The van der Waals surface area contributed by atoms with E-state index in [9.17, 15) is 9.18 Å². The summed E-state index contributed by atoms with van der Waals surface area (Å²) in [6.07, 6.45) is 6.94. The molecular formula is C23H30FN3O. The van der Waals surface area contributed by atoms with E-state index in [1.54, 1.807) is 0 Å². The maximum absolute atomic E-state index is 13.3. The second kappa shape index (κ2) is 8.48. The third-order valence-corrected chi connectivity index (χ3v) is 6.22. The smallest absolute Gasteiger partial charge is 0.268 e. The molecule has 0 saturated carbocycles. The Balaban J connectivity index is 1.56. The highest BCUT2D eigenvalue weighted by atomic mass is 19.1. The molecule has 0 radical (unpaired) electrons. The Bertz CT molecular complexity index is 835. The van der Waals surface area contributed by atoms with Gasteiger partial charge in [-0.05, 0) is 87.4 Å². The fraction of sp³-hybridized carbons (Fsp3) is 0.522. The Morgan fingerprint density at radius 2 is 1.79 bits per heavy atom. The SMILES string of the molecule is Cc1c2c(n(Cc3ccc(F)cc3)c1C(=O)NCCN1CCCC1)CCCC2. The first-order valence-corrected chi connectivity index (χ1v) is 10.6. The molecule has 4 rings (SSSR count). The Morgan fingerprint density at radius 1 is 1.07 bits per heavy atom. The van der Waals surface area contributed by atoms with Crippen LogP contribution >= 0.6 is 0 Å². The quantitative estimate of drug-likeness (QED) is 0.826. The summed E-state index contributed by atoms with van der Waals surface area (Å²) in [5, 5.41) is 3.15. The minimum absolute atomic E-state index is 0.0215. The molecule has 1 aliphatic heterocycles. The molecule has 4 nitrogen and oxygen atoms in total. The zero-order valence-electron chi connectivity index (χ0n) is 16.8. The van der Waals surface area contributed by atoms with E-state index in [2.05, 4.69) is 21.7 Å². The van der Waals surface area contributed by atoms with Crippen molar-refractivity contribution in [3.63, 3.8) is 0 Å². The normalized spacial score (nSPS) is 16.9. The summed E-state index contributed by atoms with van der Waals surface area (Å²) in [6.45, 7) is 6.59. The van der Waals surface area contributed by atoms with Crippen LogP contribution in [0, 0.1) is 12.7 Å². The zero-order chi connectivity index (χ0) is 19.5. The molecule has 1 aromatic carbocycles. The second-order valence-electron chi connectivity index (χ2n) is 8.12. The first-order valence-electron chi connectivity index (χ1n) is 10.6. The molecule has 2 heterocycles. The number of likely N-dealkylation sites (tertiary alicyclic amines) is 1. The lowest BCUT2D eigenvalue weighted by atomic mass is 9.95. The van der Waals surface area contributed by atoms with Crippen molar-refractivity contribution in [3.05, 3.63) is 58.2 Å². The molecule has 1 aromatic heterocycles. The van der Waals surface area contributed by atoms with Crippen molar-refractivity contribution in [1.29, 1.82) is 0 Å². The molecule has 0 spiro atoms. The lowest BCUT2D eigenvalue weighted by molar-refractivity contribution is 0.0940. The van der Waals surface area contributed by atoms with E-state index in [0.29, 0.717) is 13.1 Å². The van der Waals surface area contributed by atoms with E-state index in [4.69, 9.17) is 0 Å². The average Bonchev–Trinajstić information content (AvgIpc) is 3.31. The number of fused-ring (bicyclic) bond motifs is 1. The summed E-state index contributed by atoms with van der Waals surface area (Å²) in [4.78, 5) is 15.5. The van der Waals surface area contributed by atoms with Gasteiger partial charge in [-0.3, -0.25) is 4.79 Å². The van der Waals surface area contributed by atoms with Crippen molar-refractivity contribution >= 4 is 5.91 Å². The van der Waals surface area contributed by atoms with Gasteiger partial charge in [0, 0.05) is 25.3 Å². The Morgan fingerprint density at radius 3 is 2.54 bits per heavy atom. The lowest BCUT2D eigenvalue weighted by Gasteiger charge is -2.18. The van der Waals surface area contributed by atoms with E-state index in [0.717, 1.165) is 55.7 Å². The summed E-state index contributed by atoms with van der Waals surface area (Å²) in [7, 11) is 0. The minimum atomic E-state index is -0.227. The third-order valence-electron chi connectivity index (χ3n) is 6.22. The van der Waals surface area contributed by atoms with Crippen molar-refractivity contribution in [1.82, 2.24) is 14.8 Å². The number of rotatable bonds is 6. The largest absolute Gasteiger partial charge is 0.349 e.